The van der Waals surface area contributed by atoms with Crippen molar-refractivity contribution in [3.63, 3.8) is 0 Å². The number of benzene rings is 1. The van der Waals surface area contributed by atoms with Gasteiger partial charge in [-0.05, 0) is 59.9 Å². The Bertz CT molecular complexity index is 1180. The molecule has 0 bridgehead atoms. The fraction of sp³-hybridized carbons (Fsp3) is 0.571. The number of carbonyl (C=O) groups is 2. The molecule has 34 heavy (non-hydrogen) atoms. The molecule has 0 unspecified atom stereocenters. The Morgan fingerprint density at radius 2 is 1.94 bits per heavy atom. The molecule has 182 valence electrons. The lowest BCUT2D eigenvalue weighted by Gasteiger charge is -2.63. The van der Waals surface area contributed by atoms with Crippen LogP contribution in [0.15, 0.2) is 29.1 Å². The Balaban J connectivity index is 1.75. The molecule has 2 N–H and O–H groups in total. The molecular formula is C28H34O6. The van der Waals surface area contributed by atoms with Crippen molar-refractivity contribution in [2.24, 2.45) is 22.7 Å². The third-order valence-corrected chi connectivity index (χ3v) is 9.64. The van der Waals surface area contributed by atoms with Crippen molar-refractivity contribution in [3.05, 3.63) is 41.3 Å². The zero-order valence-corrected chi connectivity index (χ0v) is 20.8. The van der Waals surface area contributed by atoms with Crippen LogP contribution in [0.4, 0.5) is 0 Å². The topological polar surface area (TPSA) is 97.0 Å². The lowest BCUT2D eigenvalue weighted by molar-refractivity contribution is -0.222. The van der Waals surface area contributed by atoms with E-state index in [1.54, 1.807) is 18.6 Å². The zero-order chi connectivity index (χ0) is 24.8. The number of esters is 1. The molecule has 3 aliphatic rings. The second kappa shape index (κ2) is 7.20. The molecule has 2 aromatic rings. The number of fused-ring (bicyclic) bond motifs is 5. The molecule has 3 aliphatic carbocycles. The number of ketones is 1. The maximum absolute atomic E-state index is 13.0. The van der Waals surface area contributed by atoms with Gasteiger partial charge in [-0.15, -0.1) is 0 Å². The van der Waals surface area contributed by atoms with Crippen LogP contribution in [0.3, 0.4) is 0 Å². The van der Waals surface area contributed by atoms with Gasteiger partial charge in [0.15, 0.2) is 0 Å². The van der Waals surface area contributed by atoms with E-state index in [9.17, 15) is 19.8 Å². The molecule has 6 nitrogen and oxygen atoms in total. The first-order valence-corrected chi connectivity index (χ1v) is 12.1. The van der Waals surface area contributed by atoms with E-state index in [2.05, 4.69) is 13.8 Å². The predicted octanol–water partition coefficient (Wildman–Crippen LogP) is 4.71. The minimum absolute atomic E-state index is 0.0258. The third-order valence-electron chi connectivity index (χ3n) is 9.64. The van der Waals surface area contributed by atoms with E-state index >= 15 is 0 Å². The van der Waals surface area contributed by atoms with Gasteiger partial charge in [-0.2, -0.15) is 0 Å². The average Bonchev–Trinajstić information content (AvgIpc) is 3.36. The van der Waals surface area contributed by atoms with Crippen molar-refractivity contribution in [3.8, 4) is 16.9 Å². The van der Waals surface area contributed by atoms with Crippen LogP contribution in [0.25, 0.3) is 11.1 Å². The molecular weight excluding hydrogens is 432 g/mol. The summed E-state index contributed by atoms with van der Waals surface area (Å²) in [6.07, 6.45) is 3.26. The summed E-state index contributed by atoms with van der Waals surface area (Å²) in [6, 6.07) is 3.62. The van der Waals surface area contributed by atoms with Crippen LogP contribution in [-0.2, 0) is 26.2 Å². The largest absolute Gasteiger partial charge is 0.507 e. The Morgan fingerprint density at radius 3 is 2.56 bits per heavy atom. The minimum atomic E-state index is -1.00. The summed E-state index contributed by atoms with van der Waals surface area (Å²) in [7, 11) is 0. The summed E-state index contributed by atoms with van der Waals surface area (Å²) in [4.78, 5) is 25.2. The van der Waals surface area contributed by atoms with Gasteiger partial charge in [-0.1, -0.05) is 27.7 Å². The molecule has 2 saturated carbocycles. The quantitative estimate of drug-likeness (QED) is 0.623. The van der Waals surface area contributed by atoms with Gasteiger partial charge >= 0.3 is 5.97 Å². The normalized spacial score (nSPS) is 35.9. The number of Topliss-reactive ketones (excluding diaryl/α,β-unsaturated/α-hetero) is 1. The van der Waals surface area contributed by atoms with E-state index in [1.165, 1.54) is 6.92 Å². The second-order valence-electron chi connectivity index (χ2n) is 11.6. The summed E-state index contributed by atoms with van der Waals surface area (Å²) in [5.41, 5.74) is 2.75. The van der Waals surface area contributed by atoms with E-state index < -0.39 is 29.0 Å². The van der Waals surface area contributed by atoms with Gasteiger partial charge in [-0.25, -0.2) is 0 Å². The summed E-state index contributed by atoms with van der Waals surface area (Å²) in [6.45, 7) is 11.5. The highest BCUT2D eigenvalue weighted by atomic mass is 16.6. The molecule has 6 heteroatoms. The molecule has 0 amide bonds. The Hall–Kier alpha value is -2.60. The number of aliphatic hydroxyl groups is 1. The van der Waals surface area contributed by atoms with Crippen molar-refractivity contribution in [1.29, 1.82) is 0 Å². The Kier molecular flexibility index (Phi) is 4.91. The molecule has 0 spiro atoms. The van der Waals surface area contributed by atoms with Crippen LogP contribution in [-0.4, -0.2) is 34.2 Å². The van der Waals surface area contributed by atoms with Gasteiger partial charge in [0, 0.05) is 41.2 Å². The minimum Gasteiger partial charge on any atom is -0.507 e. The van der Waals surface area contributed by atoms with E-state index in [0.29, 0.717) is 12.8 Å². The smallest absolute Gasteiger partial charge is 0.303 e. The highest BCUT2D eigenvalue weighted by Gasteiger charge is 2.70. The van der Waals surface area contributed by atoms with Crippen LogP contribution in [0.5, 0.6) is 5.75 Å². The van der Waals surface area contributed by atoms with Crippen LogP contribution in [0.2, 0.25) is 0 Å². The molecule has 1 aromatic carbocycles. The van der Waals surface area contributed by atoms with Gasteiger partial charge in [-0.3, -0.25) is 9.59 Å². The maximum Gasteiger partial charge on any atom is 0.303 e. The van der Waals surface area contributed by atoms with Crippen LogP contribution < -0.4 is 0 Å². The van der Waals surface area contributed by atoms with Gasteiger partial charge in [0.25, 0.3) is 0 Å². The number of aromatic hydroxyl groups is 1. The first-order chi connectivity index (χ1) is 15.8. The zero-order valence-electron chi connectivity index (χ0n) is 20.8. The predicted molar refractivity (Wildman–Crippen MR) is 126 cm³/mol. The number of phenolic OH excluding ortho intramolecular Hbond substituents is 1. The molecule has 6 atom stereocenters. The first kappa shape index (κ1) is 23.2. The standard InChI is InChI=1S/C28H34O6/c1-14-17-11-20-27(5)9-7-21(31)26(3,4)24(27)23(32)25(34-15(2)29)28(20,6)18(17)12-19(30)22(14)16-8-10-33-13-16/h8,10,12-13,20,23-25,30,32H,7,9,11H2,1-6H3/t20-,23-,24+,25-,27-,28+/m1/s1. The Labute approximate surface area is 200 Å². The molecule has 0 radical (unpaired) electrons. The summed E-state index contributed by atoms with van der Waals surface area (Å²) in [5, 5.41) is 22.9. The highest BCUT2D eigenvalue weighted by Crippen LogP contribution is 2.68. The highest BCUT2D eigenvalue weighted by molar-refractivity contribution is 5.86. The SMILES string of the molecule is CC(=O)O[C@@H]1[C@H](O)[C@H]2C(C)(C)C(=O)CC[C@]2(C)[C@H]2Cc3c(cc(O)c(-c4ccoc4)c3C)[C@]12C. The number of phenols is 1. The van der Waals surface area contributed by atoms with Crippen molar-refractivity contribution >= 4 is 11.8 Å². The van der Waals surface area contributed by atoms with Crippen molar-refractivity contribution < 1.29 is 29.0 Å². The van der Waals surface area contributed by atoms with Crippen molar-refractivity contribution in [1.82, 2.24) is 0 Å². The van der Waals surface area contributed by atoms with E-state index in [-0.39, 0.29) is 28.8 Å². The molecule has 1 aromatic heterocycles. The summed E-state index contributed by atoms with van der Waals surface area (Å²) < 4.78 is 11.2. The third kappa shape index (κ3) is 2.78. The monoisotopic (exact) mass is 466 g/mol. The number of aliphatic hydroxyl groups excluding tert-OH is 1. The van der Waals surface area contributed by atoms with Crippen molar-refractivity contribution in [2.75, 3.05) is 0 Å². The average molecular weight is 467 g/mol. The fourth-order valence-corrected chi connectivity index (χ4v) is 8.20. The van der Waals surface area contributed by atoms with Gasteiger partial charge < -0.3 is 19.4 Å². The molecule has 0 aliphatic heterocycles. The number of furan rings is 1. The molecule has 1 heterocycles. The number of hydrogen-bond acceptors (Lipinski definition) is 6. The molecule has 5 rings (SSSR count). The second-order valence-corrected chi connectivity index (χ2v) is 11.6. The van der Waals surface area contributed by atoms with Crippen LogP contribution >= 0.6 is 0 Å². The van der Waals surface area contributed by atoms with E-state index in [4.69, 9.17) is 9.15 Å². The molecule has 0 saturated heterocycles. The Morgan fingerprint density at radius 1 is 1.24 bits per heavy atom. The lowest BCUT2D eigenvalue weighted by atomic mass is 9.41. The summed E-state index contributed by atoms with van der Waals surface area (Å²) in [5.74, 6) is -0.497. The fourth-order valence-electron chi connectivity index (χ4n) is 8.20. The van der Waals surface area contributed by atoms with Gasteiger partial charge in [0.2, 0.25) is 0 Å². The first-order valence-electron chi connectivity index (χ1n) is 12.1. The van der Waals surface area contributed by atoms with Crippen LogP contribution in [0, 0.1) is 29.6 Å². The van der Waals surface area contributed by atoms with Gasteiger partial charge in [0.1, 0.15) is 17.6 Å². The van der Waals surface area contributed by atoms with Crippen LogP contribution in [0.1, 0.15) is 64.2 Å². The van der Waals surface area contributed by atoms with E-state index in [0.717, 1.165) is 34.2 Å². The number of rotatable bonds is 2. The summed E-state index contributed by atoms with van der Waals surface area (Å²) >= 11 is 0. The lowest BCUT2D eigenvalue weighted by Crippen LogP contribution is -2.69. The van der Waals surface area contributed by atoms with Crippen molar-refractivity contribution in [2.45, 2.75) is 78.4 Å². The number of ether oxygens (including phenoxy) is 1. The maximum atomic E-state index is 13.0. The molecule has 2 fully saturated rings. The number of carbonyl (C=O) groups excluding carboxylic acids is 2. The van der Waals surface area contributed by atoms with Gasteiger partial charge in [0.05, 0.1) is 18.6 Å². The number of hydrogen-bond donors (Lipinski definition) is 2. The van der Waals surface area contributed by atoms with E-state index in [1.807, 2.05) is 26.8 Å².